The highest BCUT2D eigenvalue weighted by molar-refractivity contribution is 6.27. The summed E-state index contributed by atoms with van der Waals surface area (Å²) in [5, 5.41) is -0.942. The van der Waals surface area contributed by atoms with Crippen LogP contribution in [-0.2, 0) is 24.7 Å². The van der Waals surface area contributed by atoms with Crippen LogP contribution in [0.2, 0.25) is 0 Å². The Bertz CT molecular complexity index is 2630. The summed E-state index contributed by atoms with van der Waals surface area (Å²) < 4.78 is 167. The number of pyridine rings is 2. The van der Waals surface area contributed by atoms with Crippen molar-refractivity contribution >= 4 is 65.7 Å². The maximum atomic E-state index is 14.0. The molecule has 4 aromatic heterocycles. The number of nitrogens with zero attached hydrogens (tertiary/aromatic N) is 3. The Morgan fingerprint density at radius 3 is 1.58 bits per heavy atom. The third-order valence-corrected chi connectivity index (χ3v) is 8.37. The number of fused-ring (bicyclic) bond motifs is 8. The van der Waals surface area contributed by atoms with Crippen LogP contribution in [0.1, 0.15) is 22.3 Å². The van der Waals surface area contributed by atoms with Crippen molar-refractivity contribution in [2.24, 2.45) is 0 Å². The Morgan fingerprint density at radius 1 is 0.542 bits per heavy atom. The molecule has 8 rings (SSSR count). The van der Waals surface area contributed by atoms with Gasteiger partial charge in [-0.05, 0) is 42.5 Å². The Labute approximate surface area is 253 Å². The van der Waals surface area contributed by atoms with Crippen LogP contribution in [0.4, 0.5) is 52.7 Å². The number of hydrogen-bond donors (Lipinski definition) is 0. The molecule has 1 N–H and O–H groups in total. The second kappa shape index (κ2) is 8.73. The molecule has 244 valence electrons. The number of hydrogen-bond acceptors (Lipinski definition) is 3. The van der Waals surface area contributed by atoms with E-state index in [-0.39, 0.29) is 44.5 Å². The van der Waals surface area contributed by atoms with E-state index in [4.69, 9.17) is 0 Å². The molecule has 0 aliphatic carbocycles. The lowest BCUT2D eigenvalue weighted by molar-refractivity contribution is -0.313. The number of halogens is 12. The Balaban J connectivity index is 1.58. The zero-order chi connectivity index (χ0) is 34.6. The molecule has 4 heterocycles. The van der Waals surface area contributed by atoms with E-state index in [1.807, 2.05) is 0 Å². The summed E-state index contributed by atoms with van der Waals surface area (Å²) in [6, 6.07) is 4.94. The predicted molar refractivity (Wildman–Crippen MR) is 145 cm³/mol. The van der Waals surface area contributed by atoms with Gasteiger partial charge in [0.25, 0.3) is 11.2 Å². The van der Waals surface area contributed by atoms with Gasteiger partial charge >= 0.3 is 30.3 Å². The number of alkyl halides is 12. The zero-order valence-corrected chi connectivity index (χ0v) is 22.8. The Hall–Kier alpha value is -5.42. The quantitative estimate of drug-likeness (QED) is 0.121. The third-order valence-electron chi connectivity index (χ3n) is 8.37. The van der Waals surface area contributed by atoms with Crippen LogP contribution in [-0.4, -0.2) is 13.8 Å². The van der Waals surface area contributed by atoms with Crippen molar-refractivity contribution in [3.05, 3.63) is 91.5 Å². The zero-order valence-electron chi connectivity index (χ0n) is 22.8. The minimum absolute atomic E-state index is 0.0595. The molecule has 0 unspecified atom stereocenters. The van der Waals surface area contributed by atoms with E-state index in [0.717, 1.165) is 24.3 Å². The first-order valence-corrected chi connectivity index (χ1v) is 13.3. The van der Waals surface area contributed by atoms with Gasteiger partial charge in [-0.25, -0.2) is 14.8 Å². The van der Waals surface area contributed by atoms with E-state index in [0.29, 0.717) is 20.9 Å². The normalized spacial score (nSPS) is 14.0. The predicted octanol–water partition coefficient (Wildman–Crippen LogP) is 7.84. The lowest BCUT2D eigenvalue weighted by Crippen LogP contribution is -2.18. The summed E-state index contributed by atoms with van der Waals surface area (Å²) in [6.45, 7) is 0. The van der Waals surface area contributed by atoms with Gasteiger partial charge in [-0.3, -0.25) is 9.20 Å². The molecule has 0 amide bonds. The van der Waals surface area contributed by atoms with E-state index in [1.165, 1.54) is 0 Å². The molecule has 48 heavy (non-hydrogen) atoms. The molecule has 0 atom stereocenters. The first-order valence-electron chi connectivity index (χ1n) is 13.3. The Morgan fingerprint density at radius 2 is 1.02 bits per heavy atom. The average Bonchev–Trinajstić information content (AvgIpc) is 3.55. The molecule has 0 aliphatic heterocycles. The van der Waals surface area contributed by atoms with Crippen molar-refractivity contribution in [2.45, 2.75) is 24.7 Å². The smallest absolute Gasteiger partial charge is 0.268 e. The van der Waals surface area contributed by atoms with Gasteiger partial charge in [-0.2, -0.15) is 57.1 Å². The molecule has 6 nitrogen and oxygen atoms in total. The van der Waals surface area contributed by atoms with Crippen molar-refractivity contribution < 1.29 is 57.7 Å². The van der Waals surface area contributed by atoms with Crippen molar-refractivity contribution in [2.75, 3.05) is 0 Å². The van der Waals surface area contributed by atoms with Crippen molar-refractivity contribution in [1.29, 1.82) is 0 Å². The summed E-state index contributed by atoms with van der Waals surface area (Å²) in [5.41, 5.74) is -13.4. The standard InChI is InChI=1S/C30H8F12N4O2/c31-27(32,33)9-5-15(29(37,38)39)21-17(7-9)45-23(43-21)11-1-3-13-20-12(2-4-14(19(11)20)26(45)48)24-44-22-16(30(40,41)42)6-10(28(34,35)36)8-18(22)46(24)25(13)47/h1-8H/p+1. The maximum absolute atomic E-state index is 14.0. The van der Waals surface area contributed by atoms with Crippen molar-refractivity contribution in [3.8, 4) is 0 Å². The molecule has 0 saturated heterocycles. The number of benzene rings is 4. The van der Waals surface area contributed by atoms with E-state index in [2.05, 4.69) is 9.97 Å². The van der Waals surface area contributed by atoms with Gasteiger partial charge in [0.05, 0.1) is 33.0 Å². The van der Waals surface area contributed by atoms with Crippen LogP contribution in [0, 0.1) is 0 Å². The second-order valence-corrected chi connectivity index (χ2v) is 11.1. The summed E-state index contributed by atoms with van der Waals surface area (Å²) in [6.07, 6.45) is -21.1. The highest BCUT2D eigenvalue weighted by Crippen LogP contribution is 2.43. The topological polar surface area (TPSA) is 70.0 Å². The number of aromatic nitrogens is 4. The van der Waals surface area contributed by atoms with Gasteiger partial charge in [0, 0.05) is 27.6 Å². The van der Waals surface area contributed by atoms with Crippen molar-refractivity contribution in [3.63, 3.8) is 0 Å². The lowest BCUT2D eigenvalue weighted by Gasteiger charge is -2.12. The van der Waals surface area contributed by atoms with Crippen LogP contribution in [0.5, 0.6) is 0 Å². The number of aromatic amines is 1. The highest BCUT2D eigenvalue weighted by atomic mass is 19.4. The summed E-state index contributed by atoms with van der Waals surface area (Å²) in [7, 11) is 0. The second-order valence-electron chi connectivity index (χ2n) is 11.1. The minimum atomic E-state index is -5.33. The average molecular weight is 685 g/mol. The van der Waals surface area contributed by atoms with Crippen LogP contribution >= 0.6 is 0 Å². The fourth-order valence-corrected chi connectivity index (χ4v) is 6.43. The van der Waals surface area contributed by atoms with Gasteiger partial charge in [0.15, 0.2) is 11.0 Å². The molecule has 0 aliphatic rings. The van der Waals surface area contributed by atoms with E-state index in [9.17, 15) is 62.3 Å². The van der Waals surface area contributed by atoms with E-state index < -0.39 is 91.4 Å². The molecule has 0 fully saturated rings. The molecule has 8 aromatic rings. The number of H-pyrrole nitrogens is 1. The number of nitrogens with one attached hydrogen (secondary N) is 1. The van der Waals surface area contributed by atoms with Gasteiger partial charge in [0.2, 0.25) is 0 Å². The van der Waals surface area contributed by atoms with Crippen molar-refractivity contribution in [1.82, 2.24) is 13.8 Å². The first-order chi connectivity index (χ1) is 22.2. The SMILES string of the molecule is O=c1c2ccc3c4c(ccc(c24)c2nc4c(C(F)(F)F)cc(C(F)(F)F)cc4n12)c(=O)n1c2cc(C(F)(F)F)cc(C(F)(F)F)c2[nH+]c31. The molecule has 0 bridgehead atoms. The largest absolute Gasteiger partial charge is 0.420 e. The summed E-state index contributed by atoms with van der Waals surface area (Å²) in [5.74, 6) is 0. The minimum Gasteiger partial charge on any atom is -0.268 e. The summed E-state index contributed by atoms with van der Waals surface area (Å²) in [4.78, 5) is 33.9. The highest BCUT2D eigenvalue weighted by Gasteiger charge is 2.43. The molecular weight excluding hydrogens is 676 g/mol. The monoisotopic (exact) mass is 685 g/mol. The van der Waals surface area contributed by atoms with Gasteiger partial charge in [0.1, 0.15) is 16.7 Å². The van der Waals surface area contributed by atoms with Gasteiger partial charge in [-0.15, -0.1) is 0 Å². The van der Waals surface area contributed by atoms with E-state index in [1.54, 1.807) is 0 Å². The third kappa shape index (κ3) is 3.85. The Kier molecular flexibility index (Phi) is 5.44. The molecule has 0 saturated carbocycles. The van der Waals surface area contributed by atoms with Gasteiger partial charge < -0.3 is 0 Å². The molecule has 0 spiro atoms. The maximum Gasteiger partial charge on any atom is 0.420 e. The van der Waals surface area contributed by atoms with Crippen LogP contribution < -0.4 is 16.1 Å². The van der Waals surface area contributed by atoms with E-state index >= 15 is 0 Å². The molecule has 0 radical (unpaired) electrons. The van der Waals surface area contributed by atoms with Crippen LogP contribution in [0.3, 0.4) is 0 Å². The first kappa shape index (κ1) is 29.9. The molecular formula is C30H9F12N4O2+. The number of rotatable bonds is 0. The van der Waals surface area contributed by atoms with Crippen LogP contribution in [0.15, 0.2) is 58.1 Å². The molecule has 4 aromatic carbocycles. The number of imidazole rings is 2. The fourth-order valence-electron chi connectivity index (χ4n) is 6.43. The lowest BCUT2D eigenvalue weighted by atomic mass is 9.96. The summed E-state index contributed by atoms with van der Waals surface area (Å²) >= 11 is 0. The molecule has 18 heteroatoms. The fraction of sp³-hybridized carbons (Fsp3) is 0.133. The van der Waals surface area contributed by atoms with Crippen LogP contribution in [0.25, 0.3) is 65.7 Å². The van der Waals surface area contributed by atoms with Gasteiger partial charge in [-0.1, -0.05) is 0 Å².